The molecule has 0 radical (unpaired) electrons. The Kier molecular flexibility index (Phi) is 3.36. The third-order valence-corrected chi connectivity index (χ3v) is 4.01. The van der Waals surface area contributed by atoms with Crippen LogP contribution in [0.4, 0.5) is 11.4 Å². The summed E-state index contributed by atoms with van der Waals surface area (Å²) in [4.78, 5) is 12.3. The van der Waals surface area contributed by atoms with Gasteiger partial charge in [-0.2, -0.15) is 0 Å². The van der Waals surface area contributed by atoms with Gasteiger partial charge in [-0.25, -0.2) is 0 Å². The van der Waals surface area contributed by atoms with Crippen molar-refractivity contribution in [2.45, 2.75) is 13.3 Å². The molecule has 0 aliphatic carbocycles. The fourth-order valence-corrected chi connectivity index (χ4v) is 2.62. The van der Waals surface area contributed by atoms with Gasteiger partial charge in [0.25, 0.3) is 5.91 Å². The molecule has 0 aromatic heterocycles. The second-order valence-corrected chi connectivity index (χ2v) is 5.32. The highest BCUT2D eigenvalue weighted by Crippen LogP contribution is 2.26. The van der Waals surface area contributed by atoms with Crippen molar-refractivity contribution in [1.29, 1.82) is 0 Å². The van der Waals surface area contributed by atoms with Crippen molar-refractivity contribution in [3.05, 3.63) is 58.1 Å². The van der Waals surface area contributed by atoms with E-state index in [1.807, 2.05) is 37.3 Å². The molecule has 0 unspecified atom stereocenters. The van der Waals surface area contributed by atoms with Crippen molar-refractivity contribution in [3.8, 4) is 0 Å². The SMILES string of the molecule is Cc1cccc(C(=O)Nc2ccc3c(c2)CCN3)c1Cl. The zero-order chi connectivity index (χ0) is 14.1. The lowest BCUT2D eigenvalue weighted by Gasteiger charge is -2.09. The number of halogens is 1. The highest BCUT2D eigenvalue weighted by Gasteiger charge is 2.14. The second kappa shape index (κ2) is 5.17. The molecule has 1 amide bonds. The maximum Gasteiger partial charge on any atom is 0.257 e. The summed E-state index contributed by atoms with van der Waals surface area (Å²) in [5.74, 6) is -0.176. The smallest absolute Gasteiger partial charge is 0.257 e. The van der Waals surface area contributed by atoms with E-state index >= 15 is 0 Å². The van der Waals surface area contributed by atoms with E-state index in [0.717, 1.165) is 29.9 Å². The average molecular weight is 287 g/mol. The number of amides is 1. The Labute approximate surface area is 123 Å². The Morgan fingerprint density at radius 1 is 1.30 bits per heavy atom. The Bertz CT molecular complexity index is 682. The van der Waals surface area contributed by atoms with Crippen molar-refractivity contribution in [2.75, 3.05) is 17.2 Å². The molecule has 0 atom stereocenters. The van der Waals surface area contributed by atoms with Crippen molar-refractivity contribution in [2.24, 2.45) is 0 Å². The highest BCUT2D eigenvalue weighted by molar-refractivity contribution is 6.35. The summed E-state index contributed by atoms with van der Waals surface area (Å²) in [6.45, 7) is 2.84. The molecule has 2 aromatic rings. The number of rotatable bonds is 2. The molecule has 0 fully saturated rings. The number of fused-ring (bicyclic) bond motifs is 1. The topological polar surface area (TPSA) is 41.1 Å². The van der Waals surface area contributed by atoms with Crippen molar-refractivity contribution in [1.82, 2.24) is 0 Å². The molecule has 2 aromatic carbocycles. The highest BCUT2D eigenvalue weighted by atomic mass is 35.5. The molecule has 1 heterocycles. The van der Waals surface area contributed by atoms with E-state index in [-0.39, 0.29) is 5.91 Å². The van der Waals surface area contributed by atoms with E-state index in [1.165, 1.54) is 5.56 Å². The summed E-state index contributed by atoms with van der Waals surface area (Å²) in [6.07, 6.45) is 0.990. The zero-order valence-electron chi connectivity index (χ0n) is 11.2. The molecule has 20 heavy (non-hydrogen) atoms. The maximum absolute atomic E-state index is 12.3. The third kappa shape index (κ3) is 2.37. The van der Waals surface area contributed by atoms with Crippen LogP contribution in [0.2, 0.25) is 5.02 Å². The second-order valence-electron chi connectivity index (χ2n) is 4.94. The molecule has 0 saturated carbocycles. The number of aryl methyl sites for hydroxylation is 1. The van der Waals surface area contributed by atoms with Gasteiger partial charge in [-0.15, -0.1) is 0 Å². The molecular formula is C16H15ClN2O. The van der Waals surface area contributed by atoms with Gasteiger partial charge in [-0.3, -0.25) is 4.79 Å². The number of carbonyl (C=O) groups excluding carboxylic acids is 1. The predicted molar refractivity (Wildman–Crippen MR) is 82.8 cm³/mol. The minimum atomic E-state index is -0.176. The molecule has 4 heteroatoms. The van der Waals surface area contributed by atoms with Crippen molar-refractivity contribution < 1.29 is 4.79 Å². The normalized spacial score (nSPS) is 12.7. The Hall–Kier alpha value is -2.00. The van der Waals surface area contributed by atoms with Crippen LogP contribution in [0.3, 0.4) is 0 Å². The number of nitrogens with one attached hydrogen (secondary N) is 2. The van der Waals surface area contributed by atoms with Crippen LogP contribution >= 0.6 is 11.6 Å². The number of anilines is 2. The van der Waals surface area contributed by atoms with Gasteiger partial charge in [0.15, 0.2) is 0 Å². The van der Waals surface area contributed by atoms with Crippen molar-refractivity contribution in [3.63, 3.8) is 0 Å². The molecule has 3 nitrogen and oxygen atoms in total. The predicted octanol–water partition coefficient (Wildman–Crippen LogP) is 3.87. The van der Waals surface area contributed by atoms with Crippen LogP contribution in [0.5, 0.6) is 0 Å². The van der Waals surface area contributed by atoms with Gasteiger partial charge in [0.2, 0.25) is 0 Å². The van der Waals surface area contributed by atoms with E-state index in [2.05, 4.69) is 10.6 Å². The molecule has 3 rings (SSSR count). The molecule has 1 aliphatic heterocycles. The Morgan fingerprint density at radius 2 is 2.15 bits per heavy atom. The third-order valence-electron chi connectivity index (χ3n) is 3.51. The quantitative estimate of drug-likeness (QED) is 0.880. The van der Waals surface area contributed by atoms with Gasteiger partial charge in [0.05, 0.1) is 10.6 Å². The minimum absolute atomic E-state index is 0.176. The van der Waals surface area contributed by atoms with Crippen LogP contribution in [0.15, 0.2) is 36.4 Å². The van der Waals surface area contributed by atoms with Crippen LogP contribution in [0.1, 0.15) is 21.5 Å². The largest absolute Gasteiger partial charge is 0.384 e. The van der Waals surface area contributed by atoms with Crippen molar-refractivity contribution >= 4 is 28.9 Å². The lowest BCUT2D eigenvalue weighted by atomic mass is 10.1. The first-order chi connectivity index (χ1) is 9.65. The first-order valence-corrected chi connectivity index (χ1v) is 6.96. The summed E-state index contributed by atoms with van der Waals surface area (Å²) in [5.41, 5.74) is 4.59. The van der Waals surface area contributed by atoms with Gasteiger partial charge < -0.3 is 10.6 Å². The molecular weight excluding hydrogens is 272 g/mol. The number of benzene rings is 2. The van der Waals surface area contributed by atoms with Gasteiger partial charge in [0, 0.05) is 17.9 Å². The van der Waals surface area contributed by atoms with Gasteiger partial charge >= 0.3 is 0 Å². The van der Waals surface area contributed by atoms with Crippen LogP contribution < -0.4 is 10.6 Å². The van der Waals surface area contributed by atoms with E-state index in [1.54, 1.807) is 6.07 Å². The zero-order valence-corrected chi connectivity index (χ0v) is 11.9. The fourth-order valence-electron chi connectivity index (χ4n) is 2.40. The molecule has 0 bridgehead atoms. The lowest BCUT2D eigenvalue weighted by Crippen LogP contribution is -2.12. The Balaban J connectivity index is 1.84. The van der Waals surface area contributed by atoms with Crippen LogP contribution in [0, 0.1) is 6.92 Å². The van der Waals surface area contributed by atoms with E-state index < -0.39 is 0 Å². The summed E-state index contributed by atoms with van der Waals surface area (Å²) in [5, 5.41) is 6.71. The summed E-state index contributed by atoms with van der Waals surface area (Å²) >= 11 is 6.18. The van der Waals surface area contributed by atoms with Gasteiger partial charge in [-0.05, 0) is 48.7 Å². The molecule has 102 valence electrons. The number of hydrogen-bond acceptors (Lipinski definition) is 2. The van der Waals surface area contributed by atoms with Gasteiger partial charge in [-0.1, -0.05) is 23.7 Å². The first-order valence-electron chi connectivity index (χ1n) is 6.58. The van der Waals surface area contributed by atoms with Crippen LogP contribution in [-0.2, 0) is 6.42 Å². The first kappa shape index (κ1) is 13.0. The standard InChI is InChI=1S/C16H15ClN2O/c1-10-3-2-4-13(15(10)17)16(20)19-12-5-6-14-11(9-12)7-8-18-14/h2-6,9,18H,7-8H2,1H3,(H,19,20). The van der Waals surface area contributed by atoms with E-state index in [0.29, 0.717) is 10.6 Å². The monoisotopic (exact) mass is 286 g/mol. The number of hydrogen-bond donors (Lipinski definition) is 2. The van der Waals surface area contributed by atoms with Crippen LogP contribution in [-0.4, -0.2) is 12.5 Å². The molecule has 2 N–H and O–H groups in total. The molecule has 0 spiro atoms. The van der Waals surface area contributed by atoms with E-state index in [9.17, 15) is 4.79 Å². The minimum Gasteiger partial charge on any atom is -0.384 e. The molecule has 1 aliphatic rings. The lowest BCUT2D eigenvalue weighted by molar-refractivity contribution is 0.102. The molecule has 0 saturated heterocycles. The number of carbonyl (C=O) groups is 1. The fraction of sp³-hybridized carbons (Fsp3) is 0.188. The summed E-state index contributed by atoms with van der Waals surface area (Å²) in [6, 6.07) is 11.4. The summed E-state index contributed by atoms with van der Waals surface area (Å²) in [7, 11) is 0. The average Bonchev–Trinajstić information content (AvgIpc) is 2.89. The summed E-state index contributed by atoms with van der Waals surface area (Å²) < 4.78 is 0. The van der Waals surface area contributed by atoms with Gasteiger partial charge in [0.1, 0.15) is 0 Å². The van der Waals surface area contributed by atoms with E-state index in [4.69, 9.17) is 11.6 Å². The Morgan fingerprint density at radius 3 is 3.00 bits per heavy atom. The van der Waals surface area contributed by atoms with Crippen LogP contribution in [0.25, 0.3) is 0 Å². The maximum atomic E-state index is 12.3.